The molecule has 20 heteroatoms. The summed E-state index contributed by atoms with van der Waals surface area (Å²) in [7, 11) is 0. The van der Waals surface area contributed by atoms with Crippen molar-refractivity contribution in [2.24, 2.45) is 0 Å². The Morgan fingerprint density at radius 2 is 0.405 bits per heavy atom. The second kappa shape index (κ2) is 96.8. The molecule has 0 heterocycles. The number of carbonyl (C=O) groups is 4. The van der Waals surface area contributed by atoms with Crippen molar-refractivity contribution in [2.45, 2.75) is 55.4 Å². The Labute approximate surface area is 312 Å². The first-order valence-corrected chi connectivity index (χ1v) is 17.2. The highest BCUT2D eigenvalue weighted by molar-refractivity contribution is 6.42. The number of alkyl halides is 12. The van der Waals surface area contributed by atoms with Gasteiger partial charge in [-0.15, -0.1) is 139 Å². The predicted octanol–water partition coefficient (Wildman–Crippen LogP) is 10.8. The van der Waals surface area contributed by atoms with Gasteiger partial charge in [-0.2, -0.15) is 0 Å². The van der Waals surface area contributed by atoms with Gasteiger partial charge in [-0.25, -0.2) is 0 Å². The zero-order chi connectivity index (χ0) is 36.2. The summed E-state index contributed by atoms with van der Waals surface area (Å²) in [6, 6.07) is 0. The maximum absolute atomic E-state index is 9.82. The quantitative estimate of drug-likeness (QED) is 0.156. The van der Waals surface area contributed by atoms with Crippen LogP contribution >= 0.6 is 139 Å². The zero-order valence-corrected chi connectivity index (χ0v) is 33.9. The van der Waals surface area contributed by atoms with Crippen LogP contribution in [-0.2, 0) is 38.1 Å². The highest BCUT2D eigenvalue weighted by atomic mass is 35.5. The van der Waals surface area contributed by atoms with E-state index in [1.165, 1.54) is 27.7 Å². The van der Waals surface area contributed by atoms with Gasteiger partial charge < -0.3 is 18.9 Å². The van der Waals surface area contributed by atoms with Crippen LogP contribution in [0.25, 0.3) is 0 Å². The fourth-order valence-electron chi connectivity index (χ4n) is 0.813. The van der Waals surface area contributed by atoms with Gasteiger partial charge >= 0.3 is 23.9 Å². The molecule has 0 aromatic heterocycles. The number of esters is 4. The van der Waals surface area contributed by atoms with E-state index < -0.39 is 0 Å². The molecule has 0 radical (unpaired) electrons. The minimum absolute atomic E-state index is 0.194. The van der Waals surface area contributed by atoms with E-state index in [1.807, 2.05) is 0 Å². The monoisotopic (exact) mass is 856 g/mol. The smallest absolute Gasteiger partial charge is 0.302 e. The molecular weight excluding hydrogens is 818 g/mol. The molecule has 8 nitrogen and oxygen atoms in total. The van der Waals surface area contributed by atoms with E-state index in [2.05, 4.69) is 18.9 Å². The standard InChI is InChI=1S/4C4H8O2.6CH2Cl2/c4*1-3-6-4(2)5;6*2-1-3/h4*3H2,1-2H3;6*1H2. The van der Waals surface area contributed by atoms with Crippen LogP contribution in [0, 0.1) is 0 Å². The second-order valence-electron chi connectivity index (χ2n) is 4.30. The SMILES string of the molecule is CCOC(C)=O.CCOC(C)=O.CCOC(C)=O.CCOC(C)=O.ClCCl.ClCCl.ClCCl.ClCCl.ClCCl.ClCCl. The fraction of sp³-hybridized carbons (Fsp3) is 0.818. The molecule has 0 rings (SSSR count). The lowest BCUT2D eigenvalue weighted by Crippen LogP contribution is -1.95. The van der Waals surface area contributed by atoms with Crippen LogP contribution in [0.4, 0.5) is 0 Å². The first kappa shape index (κ1) is 69.9. The molecule has 264 valence electrons. The van der Waals surface area contributed by atoms with Crippen molar-refractivity contribution in [3.63, 3.8) is 0 Å². The topological polar surface area (TPSA) is 105 Å². The maximum atomic E-state index is 9.82. The lowest BCUT2D eigenvalue weighted by molar-refractivity contribution is -0.141. The van der Waals surface area contributed by atoms with E-state index >= 15 is 0 Å². The summed E-state index contributed by atoms with van der Waals surface area (Å²) in [5, 5.41) is 1.17. The van der Waals surface area contributed by atoms with Gasteiger partial charge in [0.05, 0.1) is 58.5 Å². The second-order valence-corrected chi connectivity index (χ2v) is 9.15. The number of ether oxygens (including phenoxy) is 4. The van der Waals surface area contributed by atoms with E-state index in [-0.39, 0.29) is 55.9 Å². The van der Waals surface area contributed by atoms with Gasteiger partial charge in [0.2, 0.25) is 0 Å². The van der Waals surface area contributed by atoms with Crippen molar-refractivity contribution in [2.75, 3.05) is 58.5 Å². The Balaban J connectivity index is -0.0000000345. The van der Waals surface area contributed by atoms with E-state index in [0.29, 0.717) is 26.4 Å². The summed E-state index contributed by atoms with van der Waals surface area (Å²) in [5.41, 5.74) is 0. The average molecular weight is 862 g/mol. The van der Waals surface area contributed by atoms with Gasteiger partial charge in [0, 0.05) is 27.7 Å². The van der Waals surface area contributed by atoms with Crippen molar-refractivity contribution in [1.29, 1.82) is 0 Å². The first-order chi connectivity index (χ1) is 19.6. The molecule has 0 aliphatic heterocycles. The Morgan fingerprint density at radius 1 is 0.333 bits per heavy atom. The van der Waals surface area contributed by atoms with E-state index in [0.717, 1.165) is 0 Å². The highest BCUT2D eigenvalue weighted by Crippen LogP contribution is 1.75. The van der Waals surface area contributed by atoms with Crippen LogP contribution in [0.3, 0.4) is 0 Å². The van der Waals surface area contributed by atoms with Crippen molar-refractivity contribution in [3.05, 3.63) is 0 Å². The summed E-state index contributed by atoms with van der Waals surface area (Å²) in [6.07, 6.45) is 0. The third-order valence-corrected chi connectivity index (χ3v) is 1.39. The van der Waals surface area contributed by atoms with Gasteiger partial charge in [0.15, 0.2) is 0 Å². The molecule has 0 fully saturated rings. The van der Waals surface area contributed by atoms with Crippen LogP contribution in [0.2, 0.25) is 0 Å². The summed E-state index contributed by atoms with van der Waals surface area (Å²) in [4.78, 5) is 39.3. The molecule has 0 spiro atoms. The lowest BCUT2D eigenvalue weighted by Gasteiger charge is -1.89. The predicted molar refractivity (Wildman–Crippen MR) is 189 cm³/mol. The molecule has 0 bridgehead atoms. The van der Waals surface area contributed by atoms with Crippen LogP contribution < -0.4 is 0 Å². The maximum Gasteiger partial charge on any atom is 0.302 e. The molecule has 0 aliphatic rings. The molecule has 0 saturated carbocycles. The summed E-state index contributed by atoms with van der Waals surface area (Å²) >= 11 is 57.2. The first-order valence-electron chi connectivity index (χ1n) is 10.8. The third-order valence-electron chi connectivity index (χ3n) is 1.39. The van der Waals surface area contributed by atoms with Crippen molar-refractivity contribution in [1.82, 2.24) is 0 Å². The van der Waals surface area contributed by atoms with Crippen LogP contribution in [0.5, 0.6) is 0 Å². The highest BCUT2D eigenvalue weighted by Gasteiger charge is 1.83. The number of carbonyl (C=O) groups excluding carboxylic acids is 4. The van der Waals surface area contributed by atoms with Gasteiger partial charge in [-0.3, -0.25) is 19.2 Å². The van der Waals surface area contributed by atoms with Crippen LogP contribution in [-0.4, -0.2) is 82.3 Å². The summed E-state index contributed by atoms with van der Waals surface area (Å²) in [5.74, 6) is -0.843. The van der Waals surface area contributed by atoms with Gasteiger partial charge in [0.25, 0.3) is 0 Å². The van der Waals surface area contributed by atoms with Crippen molar-refractivity contribution >= 4 is 163 Å². The molecule has 42 heavy (non-hydrogen) atoms. The normalized spacial score (nSPS) is 6.95. The molecule has 0 aromatic rings. The fourth-order valence-corrected chi connectivity index (χ4v) is 0.813. The van der Waals surface area contributed by atoms with Crippen LogP contribution in [0.15, 0.2) is 0 Å². The van der Waals surface area contributed by atoms with Gasteiger partial charge in [-0.05, 0) is 27.7 Å². The Kier molecular flexibility index (Phi) is 161. The lowest BCUT2D eigenvalue weighted by atomic mass is 10.8. The van der Waals surface area contributed by atoms with Crippen LogP contribution in [0.1, 0.15) is 55.4 Å². The van der Waals surface area contributed by atoms with Gasteiger partial charge in [0.1, 0.15) is 0 Å². The van der Waals surface area contributed by atoms with Gasteiger partial charge in [-0.1, -0.05) is 0 Å². The third kappa shape index (κ3) is 377. The average Bonchev–Trinajstić information content (AvgIpc) is 2.83. The Hall–Kier alpha value is 1.36. The number of rotatable bonds is 4. The molecular formula is C22H44Cl12O8. The Morgan fingerprint density at radius 3 is 0.405 bits per heavy atom. The minimum atomic E-state index is -0.211. The molecule has 0 amide bonds. The molecule has 0 aromatic carbocycles. The summed E-state index contributed by atoms with van der Waals surface area (Å²) in [6.45, 7) is 14.6. The van der Waals surface area contributed by atoms with E-state index in [9.17, 15) is 19.2 Å². The molecule has 0 unspecified atom stereocenters. The molecule has 0 N–H and O–H groups in total. The van der Waals surface area contributed by atoms with E-state index in [4.69, 9.17) is 139 Å². The molecule has 0 atom stereocenters. The van der Waals surface area contributed by atoms with E-state index in [1.54, 1.807) is 27.7 Å². The molecule has 0 saturated heterocycles. The molecule has 0 aliphatic carbocycles. The number of halogens is 12. The number of hydrogen-bond donors (Lipinski definition) is 0. The van der Waals surface area contributed by atoms with Crippen molar-refractivity contribution in [3.8, 4) is 0 Å². The minimum Gasteiger partial charge on any atom is -0.466 e. The largest absolute Gasteiger partial charge is 0.466 e. The zero-order valence-electron chi connectivity index (χ0n) is 24.9. The summed E-state index contributed by atoms with van der Waals surface area (Å²) < 4.78 is 17.6. The Bertz CT molecular complexity index is 365. The van der Waals surface area contributed by atoms with Crippen molar-refractivity contribution < 1.29 is 38.1 Å². The number of hydrogen-bond acceptors (Lipinski definition) is 8.